The summed E-state index contributed by atoms with van der Waals surface area (Å²) in [6.45, 7) is 0. The first-order valence-electron chi connectivity index (χ1n) is 6.86. The Bertz CT molecular complexity index is 899. The summed E-state index contributed by atoms with van der Waals surface area (Å²) in [4.78, 5) is 21.4. The molecule has 1 fully saturated rings. The lowest BCUT2D eigenvalue weighted by Gasteiger charge is -2.43. The number of benzene rings is 2. The first kappa shape index (κ1) is 16.6. The second-order valence-corrected chi connectivity index (χ2v) is 7.95. The van der Waals surface area contributed by atoms with Crippen LogP contribution in [0, 0.1) is 10.1 Å². The topological polar surface area (TPSA) is 97.6 Å². The molecule has 24 heavy (non-hydrogen) atoms. The van der Waals surface area contributed by atoms with Crippen LogP contribution >= 0.6 is 15.9 Å². The van der Waals surface area contributed by atoms with Gasteiger partial charge >= 0.3 is 0 Å². The molecule has 0 unspecified atom stereocenters. The molecule has 3 rings (SSSR count). The van der Waals surface area contributed by atoms with Crippen LogP contribution in [0.25, 0.3) is 0 Å². The number of β-lactam (4-membered cyclic amide) rings is 1. The predicted octanol–water partition coefficient (Wildman–Crippen LogP) is 2.63. The molecule has 0 radical (unpaired) electrons. The Morgan fingerprint density at radius 1 is 1.04 bits per heavy atom. The van der Waals surface area contributed by atoms with Crippen molar-refractivity contribution < 1.29 is 18.1 Å². The van der Waals surface area contributed by atoms with Crippen LogP contribution in [0.5, 0.6) is 0 Å². The third-order valence-electron chi connectivity index (χ3n) is 3.73. The van der Waals surface area contributed by atoms with Crippen molar-refractivity contribution in [1.29, 1.82) is 0 Å². The fourth-order valence-corrected chi connectivity index (χ4v) is 5.16. The maximum absolute atomic E-state index is 12.7. The van der Waals surface area contributed by atoms with Crippen LogP contribution in [-0.4, -0.2) is 28.4 Å². The maximum Gasteiger partial charge on any atom is 0.269 e. The van der Waals surface area contributed by atoms with Gasteiger partial charge < -0.3 is 0 Å². The molecule has 1 saturated heterocycles. The molecule has 0 spiro atoms. The summed E-state index contributed by atoms with van der Waals surface area (Å²) in [6.07, 6.45) is 0. The standard InChI is InChI=1S/C15H11BrN2O5S/c16-13-14(10-4-2-1-3-5-10)17(15(13)19)24(22,23)12-8-6-11(7-9-12)18(20)21/h1-9,13-14H/t13-,14-/m1/s1. The van der Waals surface area contributed by atoms with E-state index in [0.717, 1.165) is 28.6 Å². The Morgan fingerprint density at radius 3 is 2.17 bits per heavy atom. The number of alkyl halides is 1. The fourth-order valence-electron chi connectivity index (χ4n) is 2.51. The molecule has 7 nitrogen and oxygen atoms in total. The number of carbonyl (C=O) groups is 1. The van der Waals surface area contributed by atoms with Crippen molar-refractivity contribution in [2.24, 2.45) is 0 Å². The molecular formula is C15H11BrN2O5S. The lowest BCUT2D eigenvalue weighted by Crippen LogP contribution is -2.58. The monoisotopic (exact) mass is 410 g/mol. The van der Waals surface area contributed by atoms with Gasteiger partial charge in [0.25, 0.3) is 21.6 Å². The zero-order valence-electron chi connectivity index (χ0n) is 12.1. The van der Waals surface area contributed by atoms with Crippen molar-refractivity contribution >= 4 is 37.5 Å². The highest BCUT2D eigenvalue weighted by Crippen LogP contribution is 2.43. The second kappa shape index (κ2) is 5.99. The van der Waals surface area contributed by atoms with Crippen LogP contribution in [-0.2, 0) is 14.8 Å². The van der Waals surface area contributed by atoms with Gasteiger partial charge in [-0.2, -0.15) is 0 Å². The number of amides is 1. The molecular weight excluding hydrogens is 400 g/mol. The van der Waals surface area contributed by atoms with Gasteiger partial charge in [-0.25, -0.2) is 12.7 Å². The summed E-state index contributed by atoms with van der Waals surface area (Å²) in [5.41, 5.74) is 0.464. The number of hydrogen-bond donors (Lipinski definition) is 0. The number of sulfonamides is 1. The molecule has 124 valence electrons. The number of carbonyl (C=O) groups excluding carboxylic acids is 1. The number of nitro groups is 1. The third kappa shape index (κ3) is 2.59. The number of hydrogen-bond acceptors (Lipinski definition) is 5. The Balaban J connectivity index is 1.99. The summed E-state index contributed by atoms with van der Waals surface area (Å²) in [6, 6.07) is 12.6. The van der Waals surface area contributed by atoms with E-state index in [2.05, 4.69) is 15.9 Å². The van der Waals surface area contributed by atoms with Crippen molar-refractivity contribution in [2.75, 3.05) is 0 Å². The van der Waals surface area contributed by atoms with E-state index in [1.165, 1.54) is 0 Å². The fraction of sp³-hybridized carbons (Fsp3) is 0.133. The van der Waals surface area contributed by atoms with Gasteiger partial charge in [0, 0.05) is 12.1 Å². The number of nitrogens with zero attached hydrogens (tertiary/aromatic N) is 2. The summed E-state index contributed by atoms with van der Waals surface area (Å²) in [7, 11) is -4.09. The molecule has 0 aromatic heterocycles. The van der Waals surface area contributed by atoms with Gasteiger partial charge in [-0.3, -0.25) is 14.9 Å². The van der Waals surface area contributed by atoms with E-state index in [9.17, 15) is 23.3 Å². The zero-order chi connectivity index (χ0) is 17.5. The van der Waals surface area contributed by atoms with Gasteiger partial charge in [0.2, 0.25) is 0 Å². The van der Waals surface area contributed by atoms with Crippen molar-refractivity contribution in [2.45, 2.75) is 15.8 Å². The smallest absolute Gasteiger partial charge is 0.269 e. The number of non-ortho nitro benzene ring substituents is 1. The average Bonchev–Trinajstić information content (AvgIpc) is 2.59. The van der Waals surface area contributed by atoms with E-state index in [0.29, 0.717) is 5.56 Å². The normalized spacial score (nSPS) is 20.5. The molecule has 1 aliphatic rings. The number of halogens is 1. The molecule has 1 amide bonds. The summed E-state index contributed by atoms with van der Waals surface area (Å²) < 4.78 is 26.3. The van der Waals surface area contributed by atoms with E-state index >= 15 is 0 Å². The van der Waals surface area contributed by atoms with E-state index in [1.807, 2.05) is 0 Å². The lowest BCUT2D eigenvalue weighted by molar-refractivity contribution is -0.384. The van der Waals surface area contributed by atoms with Gasteiger partial charge in [-0.1, -0.05) is 46.3 Å². The lowest BCUT2D eigenvalue weighted by atomic mass is 9.97. The van der Waals surface area contributed by atoms with Crippen LogP contribution in [0.4, 0.5) is 5.69 Å². The molecule has 0 aliphatic carbocycles. The van der Waals surface area contributed by atoms with E-state index in [-0.39, 0.29) is 10.6 Å². The third-order valence-corrected chi connectivity index (χ3v) is 6.41. The largest absolute Gasteiger partial charge is 0.272 e. The summed E-state index contributed by atoms with van der Waals surface area (Å²) in [5, 5.41) is 10.7. The second-order valence-electron chi connectivity index (χ2n) is 5.15. The Hall–Kier alpha value is -2.26. The van der Waals surface area contributed by atoms with E-state index in [4.69, 9.17) is 0 Å². The van der Waals surface area contributed by atoms with Gasteiger partial charge in [-0.15, -0.1) is 0 Å². The molecule has 0 N–H and O–H groups in total. The molecule has 9 heteroatoms. The van der Waals surface area contributed by atoms with Crippen molar-refractivity contribution in [1.82, 2.24) is 4.31 Å². The SMILES string of the molecule is O=C1[C@H](Br)[C@@H](c2ccccc2)N1S(=O)(=O)c1ccc([N+](=O)[O-])cc1. The minimum Gasteiger partial charge on any atom is -0.272 e. The Labute approximate surface area is 146 Å². The van der Waals surface area contributed by atoms with E-state index in [1.54, 1.807) is 30.3 Å². The zero-order valence-corrected chi connectivity index (χ0v) is 14.5. The summed E-state index contributed by atoms with van der Waals surface area (Å²) >= 11 is 3.22. The van der Waals surface area contributed by atoms with Crippen LogP contribution < -0.4 is 0 Å². The van der Waals surface area contributed by atoms with E-state index < -0.39 is 31.7 Å². The molecule has 2 aromatic carbocycles. The highest BCUT2D eigenvalue weighted by atomic mass is 79.9. The first-order valence-corrected chi connectivity index (χ1v) is 9.21. The molecule has 2 aromatic rings. The van der Waals surface area contributed by atoms with Crippen molar-refractivity contribution in [3.63, 3.8) is 0 Å². The van der Waals surface area contributed by atoms with Gasteiger partial charge in [-0.05, 0) is 17.7 Å². The summed E-state index contributed by atoms with van der Waals surface area (Å²) in [5.74, 6) is -0.567. The molecule has 1 aliphatic heterocycles. The van der Waals surface area contributed by atoms with Gasteiger partial charge in [0.1, 0.15) is 4.83 Å². The molecule has 2 atom stereocenters. The Morgan fingerprint density at radius 2 is 1.62 bits per heavy atom. The highest BCUT2D eigenvalue weighted by Gasteiger charge is 2.53. The minimum absolute atomic E-state index is 0.165. The van der Waals surface area contributed by atoms with Crippen molar-refractivity contribution in [3.05, 3.63) is 70.3 Å². The van der Waals surface area contributed by atoms with Crippen LogP contribution in [0.15, 0.2) is 59.5 Å². The average molecular weight is 411 g/mol. The minimum atomic E-state index is -4.09. The van der Waals surface area contributed by atoms with Crippen LogP contribution in [0.1, 0.15) is 11.6 Å². The number of rotatable bonds is 4. The number of nitro benzene ring substituents is 1. The maximum atomic E-state index is 12.7. The molecule has 0 bridgehead atoms. The Kier molecular flexibility index (Phi) is 4.14. The van der Waals surface area contributed by atoms with Gasteiger partial charge in [0.05, 0.1) is 15.9 Å². The van der Waals surface area contributed by atoms with Gasteiger partial charge in [0.15, 0.2) is 0 Å². The quantitative estimate of drug-likeness (QED) is 0.334. The highest BCUT2D eigenvalue weighted by molar-refractivity contribution is 9.10. The molecule has 0 saturated carbocycles. The van der Waals surface area contributed by atoms with Crippen LogP contribution in [0.2, 0.25) is 0 Å². The van der Waals surface area contributed by atoms with Crippen molar-refractivity contribution in [3.8, 4) is 0 Å². The predicted molar refractivity (Wildman–Crippen MR) is 89.0 cm³/mol. The molecule has 1 heterocycles. The first-order chi connectivity index (χ1) is 11.3. The van der Waals surface area contributed by atoms with Crippen LogP contribution in [0.3, 0.4) is 0 Å².